The third-order valence-corrected chi connectivity index (χ3v) is 3.67. The normalized spacial score (nSPS) is 10.3. The van der Waals surface area contributed by atoms with Gasteiger partial charge in [-0.25, -0.2) is 9.59 Å². The maximum absolute atomic E-state index is 12.6. The van der Waals surface area contributed by atoms with Crippen LogP contribution >= 0.6 is 15.9 Å². The number of rotatable bonds is 6. The van der Waals surface area contributed by atoms with Gasteiger partial charge in [-0.2, -0.15) is 0 Å². The molecule has 1 N–H and O–H groups in total. The first-order valence-electron chi connectivity index (χ1n) is 8.17. The van der Waals surface area contributed by atoms with Crippen LogP contribution in [0.1, 0.15) is 13.8 Å². The largest absolute Gasteiger partial charge is 0.448 e. The molecule has 0 atom stereocenters. The first kappa shape index (κ1) is 19.8. The predicted octanol–water partition coefficient (Wildman–Crippen LogP) is 5.04. The Morgan fingerprint density at radius 2 is 1.85 bits per heavy atom. The number of amides is 2. The zero-order valence-corrected chi connectivity index (χ0v) is 16.2. The van der Waals surface area contributed by atoms with Gasteiger partial charge in [-0.3, -0.25) is 10.2 Å². The number of carbonyl (C=O) groups is 2. The molecule has 0 saturated carbocycles. The number of benzene rings is 2. The number of anilines is 2. The van der Waals surface area contributed by atoms with Crippen molar-refractivity contribution in [1.29, 1.82) is 0 Å². The van der Waals surface area contributed by atoms with Gasteiger partial charge in [-0.1, -0.05) is 40.2 Å². The molecule has 0 aliphatic rings. The fourth-order valence-corrected chi connectivity index (χ4v) is 2.44. The zero-order valence-electron chi connectivity index (χ0n) is 14.6. The Morgan fingerprint density at radius 3 is 2.50 bits per heavy atom. The summed E-state index contributed by atoms with van der Waals surface area (Å²) in [7, 11) is 0. The predicted molar refractivity (Wildman–Crippen MR) is 105 cm³/mol. The van der Waals surface area contributed by atoms with E-state index in [-0.39, 0.29) is 12.6 Å². The minimum absolute atomic E-state index is 0.0783. The smallest absolute Gasteiger partial charge is 0.419 e. The topological polar surface area (TPSA) is 67.9 Å². The summed E-state index contributed by atoms with van der Waals surface area (Å²) in [6.07, 6.45) is -1.06. The summed E-state index contributed by atoms with van der Waals surface area (Å²) >= 11 is 3.18. The molecule has 2 aromatic rings. The molecule has 7 heteroatoms. The van der Waals surface area contributed by atoms with Gasteiger partial charge in [0.05, 0.1) is 0 Å². The van der Waals surface area contributed by atoms with Crippen LogP contribution in [0.15, 0.2) is 54.6 Å². The summed E-state index contributed by atoms with van der Waals surface area (Å²) in [6, 6.07) is 15.8. The highest BCUT2D eigenvalue weighted by atomic mass is 79.9. The van der Waals surface area contributed by atoms with E-state index in [1.54, 1.807) is 29.2 Å². The summed E-state index contributed by atoms with van der Waals surface area (Å²) in [5, 5.41) is 3.15. The van der Waals surface area contributed by atoms with E-state index in [1.807, 2.05) is 44.2 Å². The Balaban J connectivity index is 2.08. The summed E-state index contributed by atoms with van der Waals surface area (Å²) in [5.41, 5.74) is 1.23. The van der Waals surface area contributed by atoms with Crippen molar-refractivity contribution in [2.75, 3.05) is 22.2 Å². The number of para-hydroxylation sites is 1. The second kappa shape index (κ2) is 9.82. The van der Waals surface area contributed by atoms with Crippen molar-refractivity contribution in [2.24, 2.45) is 0 Å². The molecule has 0 aliphatic carbocycles. The van der Waals surface area contributed by atoms with Crippen molar-refractivity contribution in [3.63, 3.8) is 0 Å². The van der Waals surface area contributed by atoms with Crippen molar-refractivity contribution in [1.82, 2.24) is 0 Å². The molecule has 2 amide bonds. The minimum Gasteiger partial charge on any atom is -0.448 e. The fraction of sp³-hybridized carbons (Fsp3) is 0.263. The third kappa shape index (κ3) is 5.77. The van der Waals surface area contributed by atoms with Gasteiger partial charge in [-0.15, -0.1) is 0 Å². The van der Waals surface area contributed by atoms with Crippen molar-refractivity contribution in [3.8, 4) is 5.75 Å². The number of hydrogen-bond donors (Lipinski definition) is 1. The van der Waals surface area contributed by atoms with Crippen molar-refractivity contribution in [3.05, 3.63) is 54.6 Å². The lowest BCUT2D eigenvalue weighted by molar-refractivity contribution is 0.169. The van der Waals surface area contributed by atoms with Gasteiger partial charge >= 0.3 is 12.2 Å². The van der Waals surface area contributed by atoms with Gasteiger partial charge in [0.2, 0.25) is 0 Å². The molecule has 0 aliphatic heterocycles. The van der Waals surface area contributed by atoms with Crippen molar-refractivity contribution < 1.29 is 19.1 Å². The molecule has 0 aromatic heterocycles. The molecule has 0 saturated heterocycles. The first-order valence-corrected chi connectivity index (χ1v) is 9.29. The van der Waals surface area contributed by atoms with Gasteiger partial charge in [0.15, 0.2) is 0 Å². The van der Waals surface area contributed by atoms with E-state index in [4.69, 9.17) is 9.47 Å². The molecule has 138 valence electrons. The van der Waals surface area contributed by atoms with Gasteiger partial charge in [0.1, 0.15) is 12.4 Å². The molecule has 0 unspecified atom stereocenters. The Bertz CT molecular complexity index is 737. The lowest BCUT2D eigenvalue weighted by atomic mass is 10.2. The summed E-state index contributed by atoms with van der Waals surface area (Å²) in [6.45, 7) is 4.08. The van der Waals surface area contributed by atoms with Gasteiger partial charge in [-0.05, 0) is 38.1 Å². The van der Waals surface area contributed by atoms with Crippen LogP contribution in [0.25, 0.3) is 0 Å². The van der Waals surface area contributed by atoms with Crippen molar-refractivity contribution >= 4 is 39.5 Å². The Kier molecular flexibility index (Phi) is 7.47. The number of ether oxygens (including phenoxy) is 2. The van der Waals surface area contributed by atoms with Crippen LogP contribution in [0.4, 0.5) is 21.0 Å². The van der Waals surface area contributed by atoms with Crippen LogP contribution in [-0.2, 0) is 4.74 Å². The maximum Gasteiger partial charge on any atom is 0.419 e. The molecule has 2 rings (SSSR count). The second-order valence-electron chi connectivity index (χ2n) is 5.65. The van der Waals surface area contributed by atoms with E-state index in [1.165, 1.54) is 0 Å². The van der Waals surface area contributed by atoms with Gasteiger partial charge in [0.25, 0.3) is 0 Å². The van der Waals surface area contributed by atoms with Crippen molar-refractivity contribution in [2.45, 2.75) is 19.9 Å². The lowest BCUT2D eigenvalue weighted by Gasteiger charge is -2.25. The highest BCUT2D eigenvalue weighted by Crippen LogP contribution is 2.22. The number of hydrogen-bond acceptors (Lipinski definition) is 4. The Morgan fingerprint density at radius 1 is 1.12 bits per heavy atom. The molecular weight excluding hydrogens is 400 g/mol. The number of halogens is 1. The monoisotopic (exact) mass is 420 g/mol. The van der Waals surface area contributed by atoms with E-state index in [9.17, 15) is 9.59 Å². The first-order chi connectivity index (χ1) is 12.5. The molecule has 26 heavy (non-hydrogen) atoms. The standard InChI is InChI=1S/C19H21BrN2O4/c1-14(2)22(16-8-4-3-5-9-16)19(24)26-17-10-6-7-15(13-17)21-18(23)25-12-11-20/h3-10,13-14H,11-12H2,1-2H3,(H,21,23). The molecule has 2 aromatic carbocycles. The van der Waals surface area contributed by atoms with Gasteiger partial charge < -0.3 is 9.47 Å². The van der Waals surface area contributed by atoms with E-state index < -0.39 is 12.2 Å². The Hall–Kier alpha value is -2.54. The minimum atomic E-state index is -0.569. The zero-order chi connectivity index (χ0) is 18.9. The van der Waals surface area contributed by atoms with Gasteiger partial charge in [0, 0.05) is 28.8 Å². The number of nitrogens with one attached hydrogen (secondary N) is 1. The molecule has 6 nitrogen and oxygen atoms in total. The molecule has 0 radical (unpaired) electrons. The average molecular weight is 421 g/mol. The maximum atomic E-state index is 12.6. The molecule has 0 fully saturated rings. The van der Waals surface area contributed by atoms with E-state index in [0.717, 1.165) is 5.69 Å². The summed E-state index contributed by atoms with van der Waals surface area (Å²) in [5.74, 6) is 0.329. The lowest BCUT2D eigenvalue weighted by Crippen LogP contribution is -2.39. The molecular formula is C19H21BrN2O4. The molecule has 0 bridgehead atoms. The fourth-order valence-electron chi connectivity index (χ4n) is 2.28. The van der Waals surface area contributed by atoms with E-state index >= 15 is 0 Å². The number of carbonyl (C=O) groups excluding carboxylic acids is 2. The number of nitrogens with zero attached hydrogens (tertiary/aromatic N) is 1. The van der Waals surface area contributed by atoms with Crippen LogP contribution in [0, 0.1) is 0 Å². The third-order valence-electron chi connectivity index (χ3n) is 3.34. The van der Waals surface area contributed by atoms with Crippen LogP contribution in [0.3, 0.4) is 0 Å². The van der Waals surface area contributed by atoms with Crippen LogP contribution in [-0.4, -0.2) is 30.2 Å². The SMILES string of the molecule is CC(C)N(C(=O)Oc1cccc(NC(=O)OCCBr)c1)c1ccccc1. The quantitative estimate of drug-likeness (QED) is 0.664. The Labute approximate surface area is 161 Å². The summed E-state index contributed by atoms with van der Waals surface area (Å²) < 4.78 is 10.4. The second-order valence-corrected chi connectivity index (χ2v) is 6.44. The summed E-state index contributed by atoms with van der Waals surface area (Å²) in [4.78, 5) is 25.8. The molecule has 0 heterocycles. The highest BCUT2D eigenvalue weighted by Gasteiger charge is 2.21. The van der Waals surface area contributed by atoms with Crippen LogP contribution < -0.4 is 15.0 Å². The highest BCUT2D eigenvalue weighted by molar-refractivity contribution is 9.09. The van der Waals surface area contributed by atoms with Crippen LogP contribution in [0.2, 0.25) is 0 Å². The van der Waals surface area contributed by atoms with E-state index in [2.05, 4.69) is 21.2 Å². The number of alkyl halides is 1. The van der Waals surface area contributed by atoms with Crippen LogP contribution in [0.5, 0.6) is 5.75 Å². The average Bonchev–Trinajstić information content (AvgIpc) is 2.61. The molecule has 0 spiro atoms. The van der Waals surface area contributed by atoms with E-state index in [0.29, 0.717) is 16.8 Å².